The number of nitrogens with zero attached hydrogens (tertiary/aromatic N) is 3. The highest BCUT2D eigenvalue weighted by Gasteiger charge is 2.15. The lowest BCUT2D eigenvalue weighted by Crippen LogP contribution is -2.29. The van der Waals surface area contributed by atoms with E-state index < -0.39 is 5.97 Å². The summed E-state index contributed by atoms with van der Waals surface area (Å²) in [6.07, 6.45) is 1.52. The van der Waals surface area contributed by atoms with E-state index in [2.05, 4.69) is 10.1 Å². The van der Waals surface area contributed by atoms with Crippen LogP contribution in [0, 0.1) is 0 Å². The summed E-state index contributed by atoms with van der Waals surface area (Å²) in [6, 6.07) is 3.44. The standard InChI is InChI=1S/C11H13N3O4/c1-2-14(7-10(15)16)6-9-12-11(18-13-9)8-4-3-5-17-8/h3-5H,2,6-7H2,1H3,(H,15,16). The molecule has 7 heteroatoms. The summed E-state index contributed by atoms with van der Waals surface area (Å²) in [6.45, 7) is 2.74. The highest BCUT2D eigenvalue weighted by atomic mass is 16.5. The first kappa shape index (κ1) is 12.3. The SMILES string of the molecule is CCN(CC(=O)O)Cc1noc(-c2ccco2)n1. The minimum Gasteiger partial charge on any atom is -0.480 e. The molecule has 0 aliphatic heterocycles. The van der Waals surface area contributed by atoms with Crippen LogP contribution in [-0.4, -0.2) is 39.2 Å². The van der Waals surface area contributed by atoms with Crippen LogP contribution in [0.4, 0.5) is 0 Å². The number of furan rings is 1. The highest BCUT2D eigenvalue weighted by Crippen LogP contribution is 2.17. The van der Waals surface area contributed by atoms with E-state index in [1.807, 2.05) is 6.92 Å². The van der Waals surface area contributed by atoms with Gasteiger partial charge in [0.05, 0.1) is 19.4 Å². The molecule has 0 saturated carbocycles. The third-order valence-corrected chi connectivity index (χ3v) is 2.37. The van der Waals surface area contributed by atoms with Crippen LogP contribution < -0.4 is 0 Å². The van der Waals surface area contributed by atoms with Gasteiger partial charge in [0.25, 0.3) is 5.89 Å². The molecule has 96 valence electrons. The Morgan fingerprint density at radius 3 is 3.00 bits per heavy atom. The maximum atomic E-state index is 10.6. The molecule has 0 spiro atoms. The van der Waals surface area contributed by atoms with Gasteiger partial charge in [0.1, 0.15) is 0 Å². The quantitative estimate of drug-likeness (QED) is 0.825. The Balaban J connectivity index is 2.04. The lowest BCUT2D eigenvalue weighted by molar-refractivity contribution is -0.138. The predicted molar refractivity (Wildman–Crippen MR) is 60.6 cm³/mol. The molecule has 0 radical (unpaired) electrons. The fourth-order valence-corrected chi connectivity index (χ4v) is 1.49. The third-order valence-electron chi connectivity index (χ3n) is 2.37. The molecule has 1 N–H and O–H groups in total. The van der Waals surface area contributed by atoms with Gasteiger partial charge in [0.2, 0.25) is 0 Å². The van der Waals surface area contributed by atoms with Crippen molar-refractivity contribution in [3.63, 3.8) is 0 Å². The fraction of sp³-hybridized carbons (Fsp3) is 0.364. The van der Waals surface area contributed by atoms with Crippen molar-refractivity contribution in [2.45, 2.75) is 13.5 Å². The van der Waals surface area contributed by atoms with Gasteiger partial charge in [-0.25, -0.2) is 0 Å². The second-order valence-corrected chi connectivity index (χ2v) is 3.69. The molecule has 0 saturated heterocycles. The number of carbonyl (C=O) groups is 1. The molecular formula is C11H13N3O4. The number of aliphatic carboxylic acids is 1. The molecule has 2 rings (SSSR count). The van der Waals surface area contributed by atoms with Crippen molar-refractivity contribution in [2.24, 2.45) is 0 Å². The number of hydrogen-bond donors (Lipinski definition) is 1. The van der Waals surface area contributed by atoms with E-state index in [0.717, 1.165) is 0 Å². The van der Waals surface area contributed by atoms with Gasteiger partial charge in [-0.1, -0.05) is 12.1 Å². The second-order valence-electron chi connectivity index (χ2n) is 3.69. The molecule has 0 aromatic carbocycles. The van der Waals surface area contributed by atoms with E-state index >= 15 is 0 Å². The van der Waals surface area contributed by atoms with Crippen molar-refractivity contribution >= 4 is 5.97 Å². The van der Waals surface area contributed by atoms with Crippen LogP contribution in [0.25, 0.3) is 11.7 Å². The number of carboxylic acid groups (broad SMARTS) is 1. The molecule has 7 nitrogen and oxygen atoms in total. The fourth-order valence-electron chi connectivity index (χ4n) is 1.49. The van der Waals surface area contributed by atoms with Crippen LogP contribution in [0.2, 0.25) is 0 Å². The molecule has 0 atom stereocenters. The van der Waals surface area contributed by atoms with Crippen molar-refractivity contribution < 1.29 is 18.8 Å². The van der Waals surface area contributed by atoms with Gasteiger partial charge in [-0.2, -0.15) is 4.98 Å². The summed E-state index contributed by atoms with van der Waals surface area (Å²) < 4.78 is 10.2. The van der Waals surface area contributed by atoms with E-state index in [0.29, 0.717) is 30.6 Å². The van der Waals surface area contributed by atoms with Gasteiger partial charge in [-0.3, -0.25) is 9.69 Å². The molecule has 0 aliphatic rings. The molecular weight excluding hydrogens is 238 g/mol. The predicted octanol–water partition coefficient (Wildman–Crippen LogP) is 1.24. The topological polar surface area (TPSA) is 92.6 Å². The Hall–Kier alpha value is -2.15. The molecule has 0 bridgehead atoms. The zero-order chi connectivity index (χ0) is 13.0. The number of hydrogen-bond acceptors (Lipinski definition) is 6. The van der Waals surface area contributed by atoms with E-state index in [1.54, 1.807) is 17.0 Å². The monoisotopic (exact) mass is 251 g/mol. The summed E-state index contributed by atoms with van der Waals surface area (Å²) in [7, 11) is 0. The molecule has 2 aromatic heterocycles. The molecule has 2 aromatic rings. The second kappa shape index (κ2) is 5.46. The van der Waals surface area contributed by atoms with Crippen molar-refractivity contribution in [3.05, 3.63) is 24.2 Å². The van der Waals surface area contributed by atoms with Gasteiger partial charge in [0, 0.05) is 0 Å². The Labute approximate surface area is 103 Å². The molecule has 0 amide bonds. The van der Waals surface area contributed by atoms with Crippen LogP contribution in [0.15, 0.2) is 27.3 Å². The Morgan fingerprint density at radius 2 is 2.39 bits per heavy atom. The van der Waals surface area contributed by atoms with Gasteiger partial charge in [-0.15, -0.1) is 0 Å². The highest BCUT2D eigenvalue weighted by molar-refractivity contribution is 5.69. The van der Waals surface area contributed by atoms with Crippen molar-refractivity contribution in [3.8, 4) is 11.7 Å². The maximum absolute atomic E-state index is 10.6. The van der Waals surface area contributed by atoms with E-state index in [1.165, 1.54) is 6.26 Å². The Kier molecular flexibility index (Phi) is 3.73. The number of carboxylic acids is 1. The zero-order valence-corrected chi connectivity index (χ0v) is 9.87. The smallest absolute Gasteiger partial charge is 0.317 e. The van der Waals surface area contributed by atoms with Crippen LogP contribution in [0.3, 0.4) is 0 Å². The summed E-state index contributed by atoms with van der Waals surface area (Å²) in [4.78, 5) is 16.5. The maximum Gasteiger partial charge on any atom is 0.317 e. The normalized spacial score (nSPS) is 11.0. The summed E-state index contributed by atoms with van der Waals surface area (Å²) in [5, 5.41) is 12.5. The summed E-state index contributed by atoms with van der Waals surface area (Å²) in [5.74, 6) is 0.340. The Bertz CT molecular complexity index is 506. The van der Waals surface area contributed by atoms with Crippen molar-refractivity contribution in [2.75, 3.05) is 13.1 Å². The molecule has 0 aliphatic carbocycles. The molecule has 18 heavy (non-hydrogen) atoms. The van der Waals surface area contributed by atoms with E-state index in [9.17, 15) is 4.79 Å². The van der Waals surface area contributed by atoms with Crippen LogP contribution in [0.5, 0.6) is 0 Å². The van der Waals surface area contributed by atoms with E-state index in [-0.39, 0.29) is 6.54 Å². The molecule has 0 unspecified atom stereocenters. The van der Waals surface area contributed by atoms with Crippen LogP contribution in [-0.2, 0) is 11.3 Å². The number of likely N-dealkylation sites (N-methyl/N-ethyl adjacent to an activating group) is 1. The summed E-state index contributed by atoms with van der Waals surface area (Å²) in [5.41, 5.74) is 0. The summed E-state index contributed by atoms with van der Waals surface area (Å²) >= 11 is 0. The van der Waals surface area contributed by atoms with Crippen LogP contribution >= 0.6 is 0 Å². The van der Waals surface area contributed by atoms with E-state index in [4.69, 9.17) is 14.0 Å². The zero-order valence-electron chi connectivity index (χ0n) is 9.87. The Morgan fingerprint density at radius 1 is 1.56 bits per heavy atom. The third kappa shape index (κ3) is 2.95. The van der Waals surface area contributed by atoms with Crippen LogP contribution in [0.1, 0.15) is 12.7 Å². The van der Waals surface area contributed by atoms with Gasteiger partial charge >= 0.3 is 5.97 Å². The number of rotatable bonds is 6. The van der Waals surface area contributed by atoms with Gasteiger partial charge in [-0.05, 0) is 18.7 Å². The minimum atomic E-state index is -0.883. The number of aromatic nitrogens is 2. The first-order chi connectivity index (χ1) is 8.69. The first-order valence-corrected chi connectivity index (χ1v) is 5.49. The van der Waals surface area contributed by atoms with Crippen molar-refractivity contribution in [1.29, 1.82) is 0 Å². The average molecular weight is 251 g/mol. The molecule has 2 heterocycles. The lowest BCUT2D eigenvalue weighted by atomic mass is 10.4. The van der Waals surface area contributed by atoms with Gasteiger partial charge < -0.3 is 14.0 Å². The molecule has 0 fully saturated rings. The largest absolute Gasteiger partial charge is 0.480 e. The van der Waals surface area contributed by atoms with Crippen molar-refractivity contribution in [1.82, 2.24) is 15.0 Å². The minimum absolute atomic E-state index is 0.0544. The van der Waals surface area contributed by atoms with Gasteiger partial charge in [0.15, 0.2) is 11.6 Å². The average Bonchev–Trinajstić information content (AvgIpc) is 2.97. The first-order valence-electron chi connectivity index (χ1n) is 5.49. The lowest BCUT2D eigenvalue weighted by Gasteiger charge is -2.14.